The van der Waals surface area contributed by atoms with Gasteiger partial charge in [-0.25, -0.2) is 0 Å². The minimum absolute atomic E-state index is 0.242. The Morgan fingerprint density at radius 3 is 2.57 bits per heavy atom. The van der Waals surface area contributed by atoms with Crippen LogP contribution < -0.4 is 9.47 Å². The van der Waals surface area contributed by atoms with Gasteiger partial charge in [-0.15, -0.1) is 0 Å². The van der Waals surface area contributed by atoms with Crippen LogP contribution in [0.5, 0.6) is 11.5 Å². The molecule has 1 aliphatic heterocycles. The normalized spacial score (nSPS) is 13.7. The molecule has 1 aromatic heterocycles. The molecule has 6 nitrogen and oxygen atoms in total. The van der Waals surface area contributed by atoms with Crippen molar-refractivity contribution in [2.24, 2.45) is 0 Å². The minimum atomic E-state index is -0.612. The molecule has 1 atom stereocenters. The fraction of sp³-hybridized carbons (Fsp3) is 0.333. The molecule has 0 unspecified atom stereocenters. The molecule has 0 bridgehead atoms. The highest BCUT2D eigenvalue weighted by Crippen LogP contribution is 2.33. The van der Waals surface area contributed by atoms with Crippen LogP contribution in [0.2, 0.25) is 0 Å². The molecule has 0 spiro atoms. The molecule has 30 heavy (non-hydrogen) atoms. The monoisotopic (exact) mass is 409 g/mol. The lowest BCUT2D eigenvalue weighted by atomic mass is 10.1. The van der Waals surface area contributed by atoms with Gasteiger partial charge in [0.05, 0.1) is 19.0 Å². The number of benzene rings is 2. The van der Waals surface area contributed by atoms with Crippen LogP contribution in [0.15, 0.2) is 65.3 Å². The third-order valence-corrected chi connectivity index (χ3v) is 4.97. The Morgan fingerprint density at radius 1 is 1.00 bits per heavy atom. The maximum absolute atomic E-state index is 10.6. The molecule has 158 valence electrons. The maximum atomic E-state index is 10.6. The first kappa shape index (κ1) is 20.5. The van der Waals surface area contributed by atoms with Crippen LogP contribution in [0.25, 0.3) is 0 Å². The minimum Gasteiger partial charge on any atom is -0.467 e. The summed E-state index contributed by atoms with van der Waals surface area (Å²) in [4.78, 5) is 2.21. The highest BCUT2D eigenvalue weighted by molar-refractivity contribution is 5.44. The lowest BCUT2D eigenvalue weighted by Crippen LogP contribution is -2.34. The lowest BCUT2D eigenvalue weighted by molar-refractivity contribution is 0.00253. The summed E-state index contributed by atoms with van der Waals surface area (Å²) in [5.41, 5.74) is 3.53. The SMILES string of the molecule is Cc1ccc(CN(Cc2ccc3c(c2)OCO3)C[C@H](O)COCc2ccco2)cc1. The standard InChI is InChI=1S/C24H27NO5/c1-18-4-6-19(7-5-18)12-25(13-20-8-9-23-24(11-20)30-17-29-23)14-21(26)15-27-16-22-3-2-10-28-22/h2-11,21,26H,12-17H2,1H3/t21-/m0/s1. The third-order valence-electron chi connectivity index (χ3n) is 4.97. The van der Waals surface area contributed by atoms with E-state index < -0.39 is 6.10 Å². The van der Waals surface area contributed by atoms with Crippen LogP contribution in [0.3, 0.4) is 0 Å². The van der Waals surface area contributed by atoms with Gasteiger partial charge < -0.3 is 23.7 Å². The Bertz CT molecular complexity index is 923. The van der Waals surface area contributed by atoms with Gasteiger partial charge in [-0.2, -0.15) is 0 Å². The van der Waals surface area contributed by atoms with Gasteiger partial charge in [0, 0.05) is 19.6 Å². The van der Waals surface area contributed by atoms with Crippen molar-refractivity contribution in [2.75, 3.05) is 19.9 Å². The maximum Gasteiger partial charge on any atom is 0.231 e. The van der Waals surface area contributed by atoms with Crippen LogP contribution in [-0.4, -0.2) is 36.1 Å². The number of aliphatic hydroxyl groups is 1. The van der Waals surface area contributed by atoms with Gasteiger partial charge in [0.1, 0.15) is 12.4 Å². The highest BCUT2D eigenvalue weighted by atomic mass is 16.7. The second-order valence-electron chi connectivity index (χ2n) is 7.59. The van der Waals surface area contributed by atoms with Crippen LogP contribution in [0.4, 0.5) is 0 Å². The molecular formula is C24H27NO5. The van der Waals surface area contributed by atoms with Gasteiger partial charge in [0.15, 0.2) is 11.5 Å². The predicted molar refractivity (Wildman–Crippen MR) is 112 cm³/mol. The molecule has 6 heteroatoms. The number of nitrogens with zero attached hydrogens (tertiary/aromatic N) is 1. The van der Waals surface area contributed by atoms with Crippen molar-refractivity contribution in [2.45, 2.75) is 32.7 Å². The average Bonchev–Trinajstić information content (AvgIpc) is 3.41. The molecule has 1 aliphatic rings. The zero-order valence-corrected chi connectivity index (χ0v) is 17.1. The fourth-order valence-corrected chi connectivity index (χ4v) is 3.48. The second kappa shape index (κ2) is 9.80. The zero-order chi connectivity index (χ0) is 20.8. The van der Waals surface area contributed by atoms with Gasteiger partial charge in [-0.1, -0.05) is 35.9 Å². The van der Waals surface area contributed by atoms with Crippen molar-refractivity contribution in [3.63, 3.8) is 0 Å². The number of furan rings is 1. The summed E-state index contributed by atoms with van der Waals surface area (Å²) in [6.07, 6.45) is 1.00. The van der Waals surface area contributed by atoms with Crippen molar-refractivity contribution in [3.8, 4) is 11.5 Å². The first-order chi connectivity index (χ1) is 14.7. The Morgan fingerprint density at radius 2 is 1.77 bits per heavy atom. The lowest BCUT2D eigenvalue weighted by Gasteiger charge is -2.25. The molecule has 0 saturated heterocycles. The molecule has 2 aromatic carbocycles. The highest BCUT2D eigenvalue weighted by Gasteiger charge is 2.17. The van der Waals surface area contributed by atoms with Crippen molar-refractivity contribution >= 4 is 0 Å². The van der Waals surface area contributed by atoms with E-state index in [-0.39, 0.29) is 13.4 Å². The molecule has 0 aliphatic carbocycles. The summed E-state index contributed by atoms with van der Waals surface area (Å²) >= 11 is 0. The quantitative estimate of drug-likeness (QED) is 0.548. The average molecular weight is 409 g/mol. The second-order valence-corrected chi connectivity index (χ2v) is 7.59. The zero-order valence-electron chi connectivity index (χ0n) is 17.1. The van der Waals surface area contributed by atoms with E-state index in [2.05, 4.69) is 36.1 Å². The molecule has 0 saturated carbocycles. The summed E-state index contributed by atoms with van der Waals surface area (Å²) in [7, 11) is 0. The van der Waals surface area contributed by atoms with Crippen molar-refractivity contribution < 1.29 is 23.7 Å². The topological polar surface area (TPSA) is 64.3 Å². The van der Waals surface area contributed by atoms with E-state index in [0.29, 0.717) is 19.7 Å². The summed E-state index contributed by atoms with van der Waals surface area (Å²) in [5, 5.41) is 10.6. The number of fused-ring (bicyclic) bond motifs is 1. The van der Waals surface area contributed by atoms with Crippen molar-refractivity contribution in [3.05, 3.63) is 83.3 Å². The fourth-order valence-electron chi connectivity index (χ4n) is 3.48. The third kappa shape index (κ3) is 5.63. The molecule has 2 heterocycles. The van der Waals surface area contributed by atoms with Crippen molar-refractivity contribution in [1.82, 2.24) is 4.90 Å². The van der Waals surface area contributed by atoms with Crippen LogP contribution in [0.1, 0.15) is 22.5 Å². The number of hydrogen-bond donors (Lipinski definition) is 1. The number of aryl methyl sites for hydroxylation is 1. The predicted octanol–water partition coefficient (Wildman–Crippen LogP) is 3.90. The van der Waals surface area contributed by atoms with Crippen LogP contribution >= 0.6 is 0 Å². The van der Waals surface area contributed by atoms with Gasteiger partial charge in [0.2, 0.25) is 6.79 Å². The largest absolute Gasteiger partial charge is 0.467 e. The van der Waals surface area contributed by atoms with Gasteiger partial charge in [0.25, 0.3) is 0 Å². The van der Waals surface area contributed by atoms with Gasteiger partial charge >= 0.3 is 0 Å². The Labute approximate surface area is 176 Å². The van der Waals surface area contributed by atoms with Gasteiger partial charge in [-0.05, 0) is 42.3 Å². The van der Waals surface area contributed by atoms with Crippen LogP contribution in [0, 0.1) is 6.92 Å². The van der Waals surface area contributed by atoms with E-state index in [9.17, 15) is 5.11 Å². The Balaban J connectivity index is 1.38. The number of rotatable bonds is 10. The smallest absolute Gasteiger partial charge is 0.231 e. The van der Waals surface area contributed by atoms with E-state index in [4.69, 9.17) is 18.6 Å². The van der Waals surface area contributed by atoms with E-state index in [1.165, 1.54) is 11.1 Å². The van der Waals surface area contributed by atoms with Gasteiger partial charge in [-0.3, -0.25) is 4.90 Å². The molecule has 1 N–H and O–H groups in total. The first-order valence-corrected chi connectivity index (χ1v) is 10.1. The molecule has 3 aromatic rings. The van der Waals surface area contributed by atoms with E-state index in [1.54, 1.807) is 6.26 Å². The first-order valence-electron chi connectivity index (χ1n) is 10.1. The molecule has 0 fully saturated rings. The van der Waals surface area contributed by atoms with Crippen molar-refractivity contribution in [1.29, 1.82) is 0 Å². The van der Waals surface area contributed by atoms with E-state index in [0.717, 1.165) is 29.4 Å². The Hall–Kier alpha value is -2.80. The number of aliphatic hydroxyl groups excluding tert-OH is 1. The molecule has 0 amide bonds. The summed E-state index contributed by atoms with van der Waals surface area (Å²) in [5.74, 6) is 2.29. The number of hydrogen-bond acceptors (Lipinski definition) is 6. The molecule has 0 radical (unpaired) electrons. The number of ether oxygens (including phenoxy) is 3. The Kier molecular flexibility index (Phi) is 6.69. The molecule has 4 rings (SSSR count). The van der Waals surface area contributed by atoms with E-state index >= 15 is 0 Å². The summed E-state index contributed by atoms with van der Waals surface area (Å²) in [6, 6.07) is 18.1. The van der Waals surface area contributed by atoms with Crippen LogP contribution in [-0.2, 0) is 24.4 Å². The summed E-state index contributed by atoms with van der Waals surface area (Å²) < 4.78 is 21.8. The van der Waals surface area contributed by atoms with E-state index in [1.807, 2.05) is 30.3 Å². The summed E-state index contributed by atoms with van der Waals surface area (Å²) in [6.45, 7) is 4.83. The molecular weight excluding hydrogens is 382 g/mol.